The van der Waals surface area contributed by atoms with E-state index >= 15 is 0 Å². The van der Waals surface area contributed by atoms with Crippen LogP contribution in [-0.4, -0.2) is 12.5 Å². The van der Waals surface area contributed by atoms with Gasteiger partial charge in [0.1, 0.15) is 5.75 Å². The van der Waals surface area contributed by atoms with Gasteiger partial charge in [-0.2, -0.15) is 0 Å². The second-order valence-corrected chi connectivity index (χ2v) is 5.46. The van der Waals surface area contributed by atoms with Crippen molar-refractivity contribution in [1.82, 2.24) is 0 Å². The highest BCUT2D eigenvalue weighted by Crippen LogP contribution is 2.25. The minimum absolute atomic E-state index is 0.0902. The topological polar surface area (TPSA) is 64.3 Å². The van der Waals surface area contributed by atoms with Crippen LogP contribution >= 0.6 is 0 Å². The second kappa shape index (κ2) is 7.50. The standard InChI is InChI=1S/C18H22N2O2/c1-13(2)16-8-3-4-9-17(16)22-11-10-18(21)20-15-7-5-6-14(19)12-15/h3-9,12-13H,10-11,19H2,1-2H3,(H,20,21). The van der Waals surface area contributed by atoms with E-state index in [0.717, 1.165) is 11.3 Å². The molecule has 2 aromatic rings. The number of carbonyl (C=O) groups is 1. The monoisotopic (exact) mass is 298 g/mol. The number of nitrogens with one attached hydrogen (secondary N) is 1. The first-order chi connectivity index (χ1) is 10.6. The molecule has 2 rings (SSSR count). The summed E-state index contributed by atoms with van der Waals surface area (Å²) in [6.45, 7) is 4.58. The summed E-state index contributed by atoms with van der Waals surface area (Å²) in [5.74, 6) is 1.14. The van der Waals surface area contributed by atoms with Gasteiger partial charge < -0.3 is 15.8 Å². The predicted molar refractivity (Wildman–Crippen MR) is 90.1 cm³/mol. The first kappa shape index (κ1) is 15.9. The molecular formula is C18H22N2O2. The van der Waals surface area contributed by atoms with Crippen molar-refractivity contribution in [3.63, 3.8) is 0 Å². The van der Waals surface area contributed by atoms with E-state index in [9.17, 15) is 4.79 Å². The Kier molecular flexibility index (Phi) is 5.42. The molecule has 0 spiro atoms. The summed E-state index contributed by atoms with van der Waals surface area (Å²) in [5.41, 5.74) is 8.16. The SMILES string of the molecule is CC(C)c1ccccc1OCCC(=O)Nc1cccc(N)c1. The van der Waals surface area contributed by atoms with E-state index in [2.05, 4.69) is 19.2 Å². The Morgan fingerprint density at radius 1 is 1.18 bits per heavy atom. The average molecular weight is 298 g/mol. The normalized spacial score (nSPS) is 10.5. The predicted octanol–water partition coefficient (Wildman–Crippen LogP) is 3.80. The lowest BCUT2D eigenvalue weighted by atomic mass is 10.0. The molecule has 4 nitrogen and oxygen atoms in total. The van der Waals surface area contributed by atoms with Crippen molar-refractivity contribution in [2.75, 3.05) is 17.7 Å². The summed E-state index contributed by atoms with van der Waals surface area (Å²) in [7, 11) is 0. The molecule has 0 heterocycles. The van der Waals surface area contributed by atoms with Crippen LogP contribution in [0.2, 0.25) is 0 Å². The number of anilines is 2. The van der Waals surface area contributed by atoms with E-state index in [0.29, 0.717) is 30.3 Å². The first-order valence-electron chi connectivity index (χ1n) is 7.43. The van der Waals surface area contributed by atoms with Crippen molar-refractivity contribution >= 4 is 17.3 Å². The maximum atomic E-state index is 11.9. The lowest BCUT2D eigenvalue weighted by Crippen LogP contribution is -2.15. The van der Waals surface area contributed by atoms with Crippen molar-refractivity contribution in [3.8, 4) is 5.75 Å². The highest BCUT2D eigenvalue weighted by molar-refractivity contribution is 5.91. The Morgan fingerprint density at radius 3 is 2.68 bits per heavy atom. The third kappa shape index (κ3) is 4.52. The Bertz CT molecular complexity index is 638. The van der Waals surface area contributed by atoms with Crippen LogP contribution in [0.1, 0.15) is 31.7 Å². The zero-order chi connectivity index (χ0) is 15.9. The molecule has 0 bridgehead atoms. The van der Waals surface area contributed by atoms with Crippen LogP contribution < -0.4 is 15.8 Å². The molecule has 0 atom stereocenters. The van der Waals surface area contributed by atoms with E-state index in [-0.39, 0.29) is 5.91 Å². The fraction of sp³-hybridized carbons (Fsp3) is 0.278. The largest absolute Gasteiger partial charge is 0.493 e. The number of carbonyl (C=O) groups excluding carboxylic acids is 1. The molecule has 0 radical (unpaired) electrons. The average Bonchev–Trinajstić information content (AvgIpc) is 2.47. The van der Waals surface area contributed by atoms with E-state index in [1.807, 2.05) is 30.3 Å². The Balaban J connectivity index is 1.85. The second-order valence-electron chi connectivity index (χ2n) is 5.46. The van der Waals surface area contributed by atoms with Crippen LogP contribution in [0.3, 0.4) is 0 Å². The van der Waals surface area contributed by atoms with Crippen LogP contribution in [0.5, 0.6) is 5.75 Å². The van der Waals surface area contributed by atoms with E-state index < -0.39 is 0 Å². The van der Waals surface area contributed by atoms with Gasteiger partial charge in [-0.25, -0.2) is 0 Å². The number of amides is 1. The molecule has 0 aliphatic carbocycles. The van der Waals surface area contributed by atoms with Crippen molar-refractivity contribution in [2.45, 2.75) is 26.2 Å². The zero-order valence-electron chi connectivity index (χ0n) is 13.0. The quantitative estimate of drug-likeness (QED) is 0.797. The smallest absolute Gasteiger partial charge is 0.227 e. The Labute approximate surface area is 131 Å². The number of rotatable bonds is 6. The molecule has 0 saturated carbocycles. The van der Waals surface area contributed by atoms with Gasteiger partial charge in [-0.15, -0.1) is 0 Å². The molecule has 0 aromatic heterocycles. The Hall–Kier alpha value is -2.49. The van der Waals surface area contributed by atoms with Crippen molar-refractivity contribution in [3.05, 3.63) is 54.1 Å². The number of ether oxygens (including phenoxy) is 1. The molecule has 1 amide bonds. The van der Waals surface area contributed by atoms with Crippen molar-refractivity contribution in [1.29, 1.82) is 0 Å². The van der Waals surface area contributed by atoms with E-state index in [1.54, 1.807) is 18.2 Å². The Morgan fingerprint density at radius 2 is 1.95 bits per heavy atom. The van der Waals surface area contributed by atoms with Gasteiger partial charge >= 0.3 is 0 Å². The van der Waals surface area contributed by atoms with Gasteiger partial charge in [-0.1, -0.05) is 38.1 Å². The molecule has 116 valence electrons. The molecule has 0 unspecified atom stereocenters. The summed E-state index contributed by atoms with van der Waals surface area (Å²) in [6.07, 6.45) is 0.293. The molecule has 0 fully saturated rings. The molecule has 0 saturated heterocycles. The molecule has 22 heavy (non-hydrogen) atoms. The zero-order valence-corrected chi connectivity index (χ0v) is 13.0. The lowest BCUT2D eigenvalue weighted by Gasteiger charge is -2.13. The molecule has 0 aliphatic rings. The van der Waals surface area contributed by atoms with Crippen LogP contribution in [0, 0.1) is 0 Å². The third-order valence-corrected chi connectivity index (χ3v) is 3.30. The van der Waals surface area contributed by atoms with Crippen molar-refractivity contribution in [2.24, 2.45) is 0 Å². The van der Waals surface area contributed by atoms with Crippen LogP contribution in [0.4, 0.5) is 11.4 Å². The van der Waals surface area contributed by atoms with Gasteiger partial charge in [0, 0.05) is 11.4 Å². The fourth-order valence-electron chi connectivity index (χ4n) is 2.18. The van der Waals surface area contributed by atoms with Crippen LogP contribution in [0.15, 0.2) is 48.5 Å². The molecule has 4 heteroatoms. The number of benzene rings is 2. The highest BCUT2D eigenvalue weighted by Gasteiger charge is 2.08. The fourth-order valence-corrected chi connectivity index (χ4v) is 2.18. The van der Waals surface area contributed by atoms with Crippen molar-refractivity contribution < 1.29 is 9.53 Å². The molecule has 3 N–H and O–H groups in total. The maximum absolute atomic E-state index is 11.9. The molecule has 0 aliphatic heterocycles. The minimum atomic E-state index is -0.0902. The van der Waals surface area contributed by atoms with Gasteiger partial charge in [0.25, 0.3) is 0 Å². The van der Waals surface area contributed by atoms with Gasteiger partial charge in [-0.05, 0) is 35.7 Å². The minimum Gasteiger partial charge on any atom is -0.493 e. The number of nitrogens with two attached hydrogens (primary N) is 1. The summed E-state index contributed by atoms with van der Waals surface area (Å²) < 4.78 is 5.75. The lowest BCUT2D eigenvalue weighted by molar-refractivity contribution is -0.116. The summed E-state index contributed by atoms with van der Waals surface area (Å²) in [6, 6.07) is 15.0. The van der Waals surface area contributed by atoms with Crippen LogP contribution in [-0.2, 0) is 4.79 Å². The summed E-state index contributed by atoms with van der Waals surface area (Å²) >= 11 is 0. The third-order valence-electron chi connectivity index (χ3n) is 3.30. The summed E-state index contributed by atoms with van der Waals surface area (Å²) in [4.78, 5) is 11.9. The van der Waals surface area contributed by atoms with Crippen LogP contribution in [0.25, 0.3) is 0 Å². The highest BCUT2D eigenvalue weighted by atomic mass is 16.5. The van der Waals surface area contributed by atoms with E-state index in [1.165, 1.54) is 0 Å². The number of nitrogen functional groups attached to an aromatic ring is 1. The van der Waals surface area contributed by atoms with Gasteiger partial charge in [-0.3, -0.25) is 4.79 Å². The van der Waals surface area contributed by atoms with Gasteiger partial charge in [0.05, 0.1) is 13.0 Å². The molecular weight excluding hydrogens is 276 g/mol. The van der Waals surface area contributed by atoms with Gasteiger partial charge in [0.15, 0.2) is 0 Å². The number of hydrogen-bond donors (Lipinski definition) is 2. The molecule has 2 aromatic carbocycles. The number of hydrogen-bond acceptors (Lipinski definition) is 3. The number of para-hydroxylation sites is 1. The summed E-state index contributed by atoms with van der Waals surface area (Å²) in [5, 5.41) is 2.81. The maximum Gasteiger partial charge on any atom is 0.227 e. The first-order valence-corrected chi connectivity index (χ1v) is 7.43. The van der Waals surface area contributed by atoms with E-state index in [4.69, 9.17) is 10.5 Å². The van der Waals surface area contributed by atoms with Gasteiger partial charge in [0.2, 0.25) is 5.91 Å².